The van der Waals surface area contributed by atoms with Gasteiger partial charge in [0.15, 0.2) is 0 Å². The standard InChI is InChI=1S/C18H29N3O3/c1-23-18-5-4-15(24-11-10-22)12-16(18)20(8-6-18)13-17-19-7-9-21(17)14-2-3-14/h7,9,14-16,22H,2-6,8,10-13H2,1H3/t15-,16+,18-/m0/s1. The van der Waals surface area contributed by atoms with Crippen molar-refractivity contribution < 1.29 is 14.6 Å². The van der Waals surface area contributed by atoms with Gasteiger partial charge in [0, 0.05) is 38.1 Å². The van der Waals surface area contributed by atoms with Crippen molar-refractivity contribution in [1.82, 2.24) is 14.5 Å². The van der Waals surface area contributed by atoms with E-state index in [0.717, 1.165) is 38.8 Å². The molecule has 0 unspecified atom stereocenters. The molecule has 1 N–H and O–H groups in total. The maximum Gasteiger partial charge on any atom is 0.123 e. The van der Waals surface area contributed by atoms with Gasteiger partial charge in [-0.1, -0.05) is 0 Å². The number of fused-ring (bicyclic) bond motifs is 1. The van der Waals surface area contributed by atoms with Crippen molar-refractivity contribution in [1.29, 1.82) is 0 Å². The number of likely N-dealkylation sites (tertiary alicyclic amines) is 1. The molecule has 0 amide bonds. The molecule has 3 aliphatic rings. The van der Waals surface area contributed by atoms with Gasteiger partial charge in [0.05, 0.1) is 31.5 Å². The summed E-state index contributed by atoms with van der Waals surface area (Å²) in [6, 6.07) is 1.05. The van der Waals surface area contributed by atoms with Crippen molar-refractivity contribution in [3.05, 3.63) is 18.2 Å². The van der Waals surface area contributed by atoms with Crippen molar-refractivity contribution in [2.24, 2.45) is 0 Å². The van der Waals surface area contributed by atoms with E-state index in [1.165, 1.54) is 18.7 Å². The lowest BCUT2D eigenvalue weighted by atomic mass is 9.79. The van der Waals surface area contributed by atoms with Gasteiger partial charge in [-0.3, -0.25) is 4.90 Å². The van der Waals surface area contributed by atoms with Gasteiger partial charge in [-0.15, -0.1) is 0 Å². The molecular formula is C18H29N3O3. The molecule has 3 atom stereocenters. The first-order chi connectivity index (χ1) is 11.8. The van der Waals surface area contributed by atoms with Gasteiger partial charge in [-0.2, -0.15) is 0 Å². The SMILES string of the molecule is CO[C@]12CC[C@H](OCCO)C[C@H]1N(Cc1nccn1C1CC1)CC2. The zero-order valence-electron chi connectivity index (χ0n) is 14.6. The Balaban J connectivity index is 1.47. The maximum absolute atomic E-state index is 9.02. The van der Waals surface area contributed by atoms with Crippen LogP contribution in [-0.2, 0) is 16.0 Å². The zero-order chi connectivity index (χ0) is 16.6. The van der Waals surface area contributed by atoms with Gasteiger partial charge in [-0.05, 0) is 38.5 Å². The quantitative estimate of drug-likeness (QED) is 0.822. The van der Waals surface area contributed by atoms with Crippen molar-refractivity contribution in [3.63, 3.8) is 0 Å². The Morgan fingerprint density at radius 1 is 1.33 bits per heavy atom. The Hall–Kier alpha value is -0.950. The van der Waals surface area contributed by atoms with Gasteiger partial charge in [-0.25, -0.2) is 4.98 Å². The van der Waals surface area contributed by atoms with Crippen LogP contribution in [0.25, 0.3) is 0 Å². The summed E-state index contributed by atoms with van der Waals surface area (Å²) in [5.41, 5.74) is -0.0317. The summed E-state index contributed by atoms with van der Waals surface area (Å²) < 4.78 is 14.2. The summed E-state index contributed by atoms with van der Waals surface area (Å²) in [5, 5.41) is 9.02. The smallest absolute Gasteiger partial charge is 0.123 e. The molecule has 2 aliphatic carbocycles. The van der Waals surface area contributed by atoms with Crippen molar-refractivity contribution in [2.45, 2.75) is 68.9 Å². The van der Waals surface area contributed by atoms with Crippen LogP contribution < -0.4 is 0 Å². The molecule has 24 heavy (non-hydrogen) atoms. The molecule has 6 nitrogen and oxygen atoms in total. The van der Waals surface area contributed by atoms with Crippen molar-refractivity contribution in [3.8, 4) is 0 Å². The fourth-order valence-electron chi connectivity index (χ4n) is 4.65. The first-order valence-electron chi connectivity index (χ1n) is 9.29. The number of hydrogen-bond acceptors (Lipinski definition) is 5. The lowest BCUT2D eigenvalue weighted by Gasteiger charge is -2.43. The average Bonchev–Trinajstić information content (AvgIpc) is 3.25. The van der Waals surface area contributed by atoms with E-state index in [1.807, 2.05) is 13.3 Å². The normalized spacial score (nSPS) is 33.8. The van der Waals surface area contributed by atoms with Gasteiger partial charge < -0.3 is 19.1 Å². The van der Waals surface area contributed by atoms with E-state index in [1.54, 1.807) is 0 Å². The molecule has 1 aromatic heterocycles. The van der Waals surface area contributed by atoms with Crippen LogP contribution in [0.1, 0.15) is 50.4 Å². The highest BCUT2D eigenvalue weighted by atomic mass is 16.5. The van der Waals surface area contributed by atoms with Crippen LogP contribution in [0.5, 0.6) is 0 Å². The average molecular weight is 335 g/mol. The molecule has 0 spiro atoms. The Kier molecular flexibility index (Phi) is 4.64. The highest BCUT2D eigenvalue weighted by molar-refractivity contribution is 5.08. The predicted molar refractivity (Wildman–Crippen MR) is 89.7 cm³/mol. The molecule has 1 saturated heterocycles. The molecule has 6 heteroatoms. The third-order valence-corrected chi connectivity index (χ3v) is 6.13. The molecule has 2 saturated carbocycles. The van der Waals surface area contributed by atoms with E-state index in [0.29, 0.717) is 18.7 Å². The van der Waals surface area contributed by atoms with E-state index in [2.05, 4.69) is 20.6 Å². The van der Waals surface area contributed by atoms with Gasteiger partial charge in [0.1, 0.15) is 5.82 Å². The van der Waals surface area contributed by atoms with Crippen LogP contribution >= 0.6 is 0 Å². The Morgan fingerprint density at radius 2 is 2.21 bits per heavy atom. The molecule has 2 heterocycles. The Labute approximate surface area is 143 Å². The van der Waals surface area contributed by atoms with E-state index in [-0.39, 0.29) is 18.3 Å². The number of aliphatic hydroxyl groups is 1. The van der Waals surface area contributed by atoms with Gasteiger partial charge in [0.25, 0.3) is 0 Å². The summed E-state index contributed by atoms with van der Waals surface area (Å²) in [7, 11) is 1.86. The zero-order valence-corrected chi connectivity index (χ0v) is 14.6. The monoisotopic (exact) mass is 335 g/mol. The number of imidazole rings is 1. The summed E-state index contributed by atoms with van der Waals surface area (Å²) in [6.45, 7) is 2.48. The fraction of sp³-hybridized carbons (Fsp3) is 0.833. The molecule has 0 radical (unpaired) electrons. The highest BCUT2D eigenvalue weighted by Crippen LogP contribution is 2.44. The van der Waals surface area contributed by atoms with E-state index in [4.69, 9.17) is 14.6 Å². The van der Waals surface area contributed by atoms with Crippen LogP contribution in [-0.4, -0.2) is 64.2 Å². The first-order valence-corrected chi connectivity index (χ1v) is 9.29. The summed E-state index contributed by atoms with van der Waals surface area (Å²) >= 11 is 0. The minimum absolute atomic E-state index is 0.0317. The van der Waals surface area contributed by atoms with Crippen molar-refractivity contribution >= 4 is 0 Å². The number of aromatic nitrogens is 2. The number of rotatable bonds is 7. The van der Waals surface area contributed by atoms with E-state index < -0.39 is 0 Å². The second-order valence-electron chi connectivity index (χ2n) is 7.48. The topological polar surface area (TPSA) is 59.8 Å². The number of hydrogen-bond donors (Lipinski definition) is 1. The molecule has 4 rings (SSSR count). The minimum Gasteiger partial charge on any atom is -0.394 e. The Bertz CT molecular complexity index is 559. The van der Waals surface area contributed by atoms with E-state index in [9.17, 15) is 0 Å². The van der Waals surface area contributed by atoms with Crippen molar-refractivity contribution in [2.75, 3.05) is 26.9 Å². The first kappa shape index (κ1) is 16.5. The summed E-state index contributed by atoms with van der Waals surface area (Å²) in [6.07, 6.45) is 11.0. The largest absolute Gasteiger partial charge is 0.394 e. The molecule has 134 valence electrons. The third kappa shape index (κ3) is 3.01. The number of nitrogens with zero attached hydrogens (tertiary/aromatic N) is 3. The van der Waals surface area contributed by atoms with Crippen LogP contribution in [0.4, 0.5) is 0 Å². The summed E-state index contributed by atoms with van der Waals surface area (Å²) in [5.74, 6) is 1.18. The Morgan fingerprint density at radius 3 is 2.96 bits per heavy atom. The highest BCUT2D eigenvalue weighted by Gasteiger charge is 2.51. The van der Waals surface area contributed by atoms with Crippen LogP contribution in [0.3, 0.4) is 0 Å². The molecule has 3 fully saturated rings. The van der Waals surface area contributed by atoms with Gasteiger partial charge in [0.2, 0.25) is 0 Å². The second-order valence-corrected chi connectivity index (χ2v) is 7.48. The summed E-state index contributed by atoms with van der Waals surface area (Å²) in [4.78, 5) is 7.15. The predicted octanol–water partition coefficient (Wildman–Crippen LogP) is 1.74. The molecule has 0 bridgehead atoms. The molecule has 0 aromatic carbocycles. The number of aliphatic hydroxyl groups excluding tert-OH is 1. The fourth-order valence-corrected chi connectivity index (χ4v) is 4.65. The van der Waals surface area contributed by atoms with E-state index >= 15 is 0 Å². The number of methoxy groups -OCH3 is 1. The molecule has 1 aromatic rings. The second kappa shape index (κ2) is 6.75. The maximum atomic E-state index is 9.02. The molecule has 1 aliphatic heterocycles. The third-order valence-electron chi connectivity index (χ3n) is 6.13. The van der Waals surface area contributed by atoms with Crippen LogP contribution in [0.2, 0.25) is 0 Å². The lowest BCUT2D eigenvalue weighted by molar-refractivity contribution is -0.104. The van der Waals surface area contributed by atoms with Crippen LogP contribution in [0.15, 0.2) is 12.4 Å². The molecular weight excluding hydrogens is 306 g/mol. The van der Waals surface area contributed by atoms with Crippen LogP contribution in [0, 0.1) is 0 Å². The van der Waals surface area contributed by atoms with Gasteiger partial charge >= 0.3 is 0 Å². The lowest BCUT2D eigenvalue weighted by Crippen LogP contribution is -2.51. The minimum atomic E-state index is -0.0317. The number of ether oxygens (including phenoxy) is 2.